The fraction of sp³-hybridized carbons (Fsp3) is 0.733. The van der Waals surface area contributed by atoms with Gasteiger partial charge in [-0.3, -0.25) is 19.2 Å². The number of allylic oxidation sites excluding steroid dienone is 1. The van der Waals surface area contributed by atoms with E-state index in [2.05, 4.69) is 34.4 Å². The Hall–Kier alpha value is -2.24. The molecule has 8 atom stereocenters. The van der Waals surface area contributed by atoms with Crippen LogP contribution in [0.1, 0.15) is 65.2 Å². The van der Waals surface area contributed by atoms with E-state index in [1.54, 1.807) is 26.0 Å². The SMILES string of the molecule is C=CCCC(=O)NC[C@@H](C)OC(=O)[C@@H]1[C@H]2O[C@@]3(CC2Br)[C@H](C(=O)N(CC=C)C2CCCCC2)N([C@H](C)CO)C(=O)[C@@H]13. The van der Waals surface area contributed by atoms with Crippen molar-refractivity contribution in [2.45, 2.75) is 106 Å². The quantitative estimate of drug-likeness (QED) is 0.181. The molecule has 1 aliphatic carbocycles. The molecule has 11 heteroatoms. The number of fused-ring (bicyclic) bond motifs is 1. The summed E-state index contributed by atoms with van der Waals surface area (Å²) in [6, 6.07) is -1.59. The highest BCUT2D eigenvalue weighted by molar-refractivity contribution is 9.09. The summed E-state index contributed by atoms with van der Waals surface area (Å²) in [7, 11) is 0. The van der Waals surface area contributed by atoms with E-state index < -0.39 is 47.7 Å². The van der Waals surface area contributed by atoms with Gasteiger partial charge in [0.25, 0.3) is 0 Å². The first kappa shape index (κ1) is 31.7. The van der Waals surface area contributed by atoms with Crippen LogP contribution in [0.5, 0.6) is 0 Å². The number of carbonyl (C=O) groups excluding carboxylic acids is 4. The number of nitrogens with one attached hydrogen (secondary N) is 1. The van der Waals surface area contributed by atoms with Crippen molar-refractivity contribution in [2.75, 3.05) is 19.7 Å². The third-order valence-electron chi connectivity index (χ3n) is 9.08. The molecule has 4 fully saturated rings. The predicted octanol–water partition coefficient (Wildman–Crippen LogP) is 2.48. The second-order valence-corrected chi connectivity index (χ2v) is 13.1. The first-order chi connectivity index (χ1) is 19.6. The molecule has 0 aromatic carbocycles. The molecule has 1 saturated carbocycles. The molecule has 0 aromatic rings. The van der Waals surface area contributed by atoms with Crippen LogP contribution < -0.4 is 5.32 Å². The van der Waals surface area contributed by atoms with Gasteiger partial charge < -0.3 is 29.7 Å². The Kier molecular flexibility index (Phi) is 10.3. The Bertz CT molecular complexity index is 1030. The maximum absolute atomic E-state index is 14.5. The number of likely N-dealkylation sites (tertiary alicyclic amines) is 1. The van der Waals surface area contributed by atoms with Crippen molar-refractivity contribution in [3.05, 3.63) is 25.3 Å². The Morgan fingerprint density at radius 1 is 1.24 bits per heavy atom. The number of halogens is 1. The molecule has 4 aliphatic rings. The normalized spacial score (nSPS) is 32.2. The standard InChI is InChI=1S/C30H44BrN3O7/c1-5-7-13-22(36)32-16-19(4)40-29(39)23-24-27(37)34(18(3)17-35)26(30(24)15-21(31)25(23)41-30)28(38)33(14-6-2)20-11-9-8-10-12-20/h5-6,18-21,23-26,35H,1-2,7-17H2,3-4H3,(H,32,36)/t18-,19-,21?,23+,24-,25+,26+,30-/m1/s1. The number of rotatable bonds is 13. The minimum absolute atomic E-state index is 0.0350. The number of carbonyl (C=O) groups is 4. The van der Waals surface area contributed by atoms with Crippen molar-refractivity contribution in [3.63, 3.8) is 0 Å². The monoisotopic (exact) mass is 637 g/mol. The summed E-state index contributed by atoms with van der Waals surface area (Å²) < 4.78 is 12.3. The van der Waals surface area contributed by atoms with E-state index in [9.17, 15) is 24.3 Å². The number of alkyl halides is 1. The van der Waals surface area contributed by atoms with Crippen LogP contribution in [0, 0.1) is 11.8 Å². The van der Waals surface area contributed by atoms with Crippen LogP contribution in [-0.2, 0) is 28.7 Å². The summed E-state index contributed by atoms with van der Waals surface area (Å²) in [5, 5.41) is 12.9. The number of aliphatic hydroxyl groups excluding tert-OH is 1. The van der Waals surface area contributed by atoms with Crippen LogP contribution >= 0.6 is 15.9 Å². The molecular formula is C30H44BrN3O7. The van der Waals surface area contributed by atoms with E-state index >= 15 is 0 Å². The molecule has 2 N–H and O–H groups in total. The Morgan fingerprint density at radius 3 is 2.59 bits per heavy atom. The lowest BCUT2D eigenvalue weighted by Gasteiger charge is -2.42. The molecule has 3 saturated heterocycles. The molecule has 41 heavy (non-hydrogen) atoms. The fourth-order valence-electron chi connectivity index (χ4n) is 7.18. The average molecular weight is 639 g/mol. The van der Waals surface area contributed by atoms with Gasteiger partial charge >= 0.3 is 5.97 Å². The van der Waals surface area contributed by atoms with Gasteiger partial charge in [-0.1, -0.05) is 47.3 Å². The number of hydrogen-bond acceptors (Lipinski definition) is 7. The van der Waals surface area contributed by atoms with Gasteiger partial charge in [0.1, 0.15) is 17.7 Å². The molecule has 228 valence electrons. The molecule has 4 rings (SSSR count). The van der Waals surface area contributed by atoms with Crippen LogP contribution in [0.2, 0.25) is 0 Å². The first-order valence-corrected chi connectivity index (χ1v) is 15.8. The number of ether oxygens (including phenoxy) is 2. The van der Waals surface area contributed by atoms with Crippen LogP contribution in [0.4, 0.5) is 0 Å². The van der Waals surface area contributed by atoms with Gasteiger partial charge in [0.2, 0.25) is 17.7 Å². The fourth-order valence-corrected chi connectivity index (χ4v) is 8.13. The first-order valence-electron chi connectivity index (χ1n) is 14.9. The van der Waals surface area contributed by atoms with Crippen molar-refractivity contribution in [2.24, 2.45) is 11.8 Å². The average Bonchev–Trinajstić information content (AvgIpc) is 3.56. The highest BCUT2D eigenvalue weighted by Crippen LogP contribution is 2.60. The highest BCUT2D eigenvalue weighted by Gasteiger charge is 2.77. The zero-order valence-electron chi connectivity index (χ0n) is 24.1. The lowest BCUT2D eigenvalue weighted by atomic mass is 9.70. The largest absolute Gasteiger partial charge is 0.460 e. The number of esters is 1. The van der Waals surface area contributed by atoms with Crippen LogP contribution in [-0.4, -0.2) is 99.1 Å². The molecule has 10 nitrogen and oxygen atoms in total. The van der Waals surface area contributed by atoms with Crippen LogP contribution in [0.3, 0.4) is 0 Å². The van der Waals surface area contributed by atoms with E-state index in [1.807, 2.05) is 4.90 Å². The second-order valence-electron chi connectivity index (χ2n) is 11.9. The lowest BCUT2D eigenvalue weighted by molar-refractivity contribution is -0.160. The molecule has 0 radical (unpaired) electrons. The van der Waals surface area contributed by atoms with Gasteiger partial charge in [-0.25, -0.2) is 0 Å². The molecule has 0 aromatic heterocycles. The summed E-state index contributed by atoms with van der Waals surface area (Å²) >= 11 is 3.67. The van der Waals surface area contributed by atoms with E-state index in [4.69, 9.17) is 9.47 Å². The van der Waals surface area contributed by atoms with Crippen molar-refractivity contribution in [1.82, 2.24) is 15.1 Å². The third-order valence-corrected chi connectivity index (χ3v) is 9.92. The van der Waals surface area contributed by atoms with Gasteiger partial charge in [-0.2, -0.15) is 0 Å². The second kappa shape index (κ2) is 13.4. The minimum Gasteiger partial charge on any atom is -0.460 e. The van der Waals surface area contributed by atoms with Crippen LogP contribution in [0.15, 0.2) is 25.3 Å². The smallest absolute Gasteiger partial charge is 0.312 e. The van der Waals surface area contributed by atoms with E-state index in [1.165, 1.54) is 4.90 Å². The summed E-state index contributed by atoms with van der Waals surface area (Å²) in [5.74, 6) is -3.19. The summed E-state index contributed by atoms with van der Waals surface area (Å²) in [5.41, 5.74) is -1.23. The van der Waals surface area contributed by atoms with E-state index in [-0.39, 0.29) is 41.7 Å². The molecule has 3 aliphatic heterocycles. The molecular weight excluding hydrogens is 594 g/mol. The molecule has 3 amide bonds. The topological polar surface area (TPSA) is 125 Å². The number of aliphatic hydroxyl groups is 1. The molecule has 1 unspecified atom stereocenters. The minimum atomic E-state index is -1.23. The van der Waals surface area contributed by atoms with Crippen molar-refractivity contribution in [3.8, 4) is 0 Å². The molecule has 2 bridgehead atoms. The Labute approximate surface area is 251 Å². The van der Waals surface area contributed by atoms with E-state index in [0.29, 0.717) is 25.8 Å². The summed E-state index contributed by atoms with van der Waals surface area (Å²) in [6.07, 6.45) is 8.27. The zero-order valence-corrected chi connectivity index (χ0v) is 25.7. The van der Waals surface area contributed by atoms with Crippen molar-refractivity contribution in [1.29, 1.82) is 0 Å². The number of nitrogens with zero attached hydrogens (tertiary/aromatic N) is 2. The lowest BCUT2D eigenvalue weighted by Crippen LogP contribution is -2.60. The van der Waals surface area contributed by atoms with Crippen molar-refractivity contribution < 1.29 is 33.8 Å². The van der Waals surface area contributed by atoms with Gasteiger partial charge in [0.05, 0.1) is 37.1 Å². The Morgan fingerprint density at radius 2 is 1.95 bits per heavy atom. The van der Waals surface area contributed by atoms with Gasteiger partial charge in [0.15, 0.2) is 0 Å². The highest BCUT2D eigenvalue weighted by atomic mass is 79.9. The maximum atomic E-state index is 14.5. The number of hydrogen-bond donors (Lipinski definition) is 2. The predicted molar refractivity (Wildman–Crippen MR) is 156 cm³/mol. The van der Waals surface area contributed by atoms with Crippen molar-refractivity contribution >= 4 is 39.6 Å². The molecule has 1 spiro atoms. The van der Waals surface area contributed by atoms with Gasteiger partial charge in [-0.05, 0) is 39.5 Å². The third kappa shape index (κ3) is 5.99. The Balaban J connectivity index is 1.60. The number of amides is 3. The maximum Gasteiger partial charge on any atom is 0.312 e. The van der Waals surface area contributed by atoms with E-state index in [0.717, 1.165) is 32.1 Å². The van der Waals surface area contributed by atoms with Crippen LogP contribution in [0.25, 0.3) is 0 Å². The summed E-state index contributed by atoms with van der Waals surface area (Å²) in [6.45, 7) is 11.0. The zero-order chi connectivity index (χ0) is 29.9. The molecule has 3 heterocycles. The van der Waals surface area contributed by atoms with Gasteiger partial charge in [-0.15, -0.1) is 13.2 Å². The summed E-state index contributed by atoms with van der Waals surface area (Å²) in [4.78, 5) is 57.2. The van der Waals surface area contributed by atoms with Gasteiger partial charge in [0, 0.05) is 23.8 Å².